The molecule has 0 N–H and O–H groups in total. The van der Waals surface area contributed by atoms with Crippen molar-refractivity contribution in [3.05, 3.63) is 23.4 Å². The van der Waals surface area contributed by atoms with Crippen molar-refractivity contribution in [2.24, 2.45) is 11.8 Å². The summed E-state index contributed by atoms with van der Waals surface area (Å²) in [6.07, 6.45) is 6.75. The highest BCUT2D eigenvalue weighted by atomic mass is 16.5. The van der Waals surface area contributed by atoms with Gasteiger partial charge in [-0.3, -0.25) is 0 Å². The van der Waals surface area contributed by atoms with E-state index in [0.29, 0.717) is 0 Å². The highest BCUT2D eigenvalue weighted by Crippen LogP contribution is 2.31. The number of aryl methyl sites for hydroxylation is 1. The third kappa shape index (κ3) is 3.21. The van der Waals surface area contributed by atoms with Gasteiger partial charge in [-0.1, -0.05) is 25.8 Å². The molecular formula is C15H23NO. The Morgan fingerprint density at radius 2 is 1.94 bits per heavy atom. The summed E-state index contributed by atoms with van der Waals surface area (Å²) >= 11 is 0. The molecule has 1 fully saturated rings. The lowest BCUT2D eigenvalue weighted by atomic mass is 9.80. The van der Waals surface area contributed by atoms with E-state index in [1.54, 1.807) is 7.11 Å². The average Bonchev–Trinajstić information content (AvgIpc) is 2.34. The second kappa shape index (κ2) is 5.52. The molecule has 0 saturated heterocycles. The second-order valence-electron chi connectivity index (χ2n) is 5.43. The molecule has 0 unspecified atom stereocenters. The van der Waals surface area contributed by atoms with Gasteiger partial charge in [0.25, 0.3) is 0 Å². The Hall–Kier alpha value is -1.05. The van der Waals surface area contributed by atoms with E-state index in [-0.39, 0.29) is 0 Å². The van der Waals surface area contributed by atoms with Crippen LogP contribution in [0.1, 0.15) is 43.9 Å². The summed E-state index contributed by atoms with van der Waals surface area (Å²) in [5, 5.41) is 0. The van der Waals surface area contributed by atoms with Gasteiger partial charge in [-0.2, -0.15) is 0 Å². The maximum Gasteiger partial charge on any atom is 0.213 e. The van der Waals surface area contributed by atoms with Crippen LogP contribution in [-0.2, 0) is 6.42 Å². The lowest BCUT2D eigenvalue weighted by Crippen LogP contribution is -2.15. The zero-order valence-electron chi connectivity index (χ0n) is 11.2. The summed E-state index contributed by atoms with van der Waals surface area (Å²) in [6.45, 7) is 4.46. The summed E-state index contributed by atoms with van der Waals surface area (Å²) in [4.78, 5) is 4.45. The highest BCUT2D eigenvalue weighted by Gasteiger charge is 2.19. The maximum absolute atomic E-state index is 5.14. The van der Waals surface area contributed by atoms with Crippen molar-refractivity contribution in [3.8, 4) is 5.88 Å². The Labute approximate surface area is 104 Å². The van der Waals surface area contributed by atoms with Crippen molar-refractivity contribution in [3.63, 3.8) is 0 Å². The molecule has 0 radical (unpaired) electrons. The van der Waals surface area contributed by atoms with Crippen LogP contribution >= 0.6 is 0 Å². The first-order chi connectivity index (χ1) is 8.19. The molecule has 0 spiro atoms. The summed E-state index contributed by atoms with van der Waals surface area (Å²) in [7, 11) is 1.67. The van der Waals surface area contributed by atoms with E-state index in [0.717, 1.165) is 23.4 Å². The second-order valence-corrected chi connectivity index (χ2v) is 5.43. The van der Waals surface area contributed by atoms with E-state index in [2.05, 4.69) is 24.9 Å². The molecule has 0 amide bonds. The quantitative estimate of drug-likeness (QED) is 0.793. The standard InChI is InChI=1S/C15H23NO/c1-11-4-6-13(7-5-11)10-14-8-9-15(17-3)16-12(14)2/h8-9,11,13H,4-7,10H2,1-3H3. The molecule has 0 atom stereocenters. The van der Waals surface area contributed by atoms with Crippen molar-refractivity contribution in [2.45, 2.75) is 46.0 Å². The minimum atomic E-state index is 0.725. The summed E-state index contributed by atoms with van der Waals surface area (Å²) in [5.74, 6) is 2.52. The zero-order valence-corrected chi connectivity index (χ0v) is 11.2. The van der Waals surface area contributed by atoms with Crippen LogP contribution in [0.4, 0.5) is 0 Å². The van der Waals surface area contributed by atoms with Crippen LogP contribution in [-0.4, -0.2) is 12.1 Å². The molecule has 2 rings (SSSR count). The van der Waals surface area contributed by atoms with Crippen molar-refractivity contribution < 1.29 is 4.74 Å². The third-order valence-electron chi connectivity index (χ3n) is 4.02. The molecule has 0 bridgehead atoms. The summed E-state index contributed by atoms with van der Waals surface area (Å²) < 4.78 is 5.14. The van der Waals surface area contributed by atoms with Crippen LogP contribution in [0.25, 0.3) is 0 Å². The monoisotopic (exact) mass is 233 g/mol. The molecule has 17 heavy (non-hydrogen) atoms. The smallest absolute Gasteiger partial charge is 0.213 e. The molecule has 2 heteroatoms. The summed E-state index contributed by atoms with van der Waals surface area (Å²) in [5.41, 5.74) is 2.52. The van der Waals surface area contributed by atoms with Gasteiger partial charge in [0.05, 0.1) is 7.11 Å². The predicted molar refractivity (Wildman–Crippen MR) is 70.4 cm³/mol. The number of aromatic nitrogens is 1. The Kier molecular flexibility index (Phi) is 4.03. The average molecular weight is 233 g/mol. The van der Waals surface area contributed by atoms with E-state index in [1.165, 1.54) is 37.7 Å². The lowest BCUT2D eigenvalue weighted by molar-refractivity contribution is 0.288. The van der Waals surface area contributed by atoms with Gasteiger partial charge in [0, 0.05) is 11.8 Å². The third-order valence-corrected chi connectivity index (χ3v) is 4.02. The number of rotatable bonds is 3. The van der Waals surface area contributed by atoms with Gasteiger partial charge in [0.15, 0.2) is 0 Å². The molecular weight excluding hydrogens is 210 g/mol. The van der Waals surface area contributed by atoms with Gasteiger partial charge in [0.1, 0.15) is 0 Å². The van der Waals surface area contributed by atoms with Crippen LogP contribution in [0.3, 0.4) is 0 Å². The Balaban J connectivity index is 1.99. The first kappa shape index (κ1) is 12.4. The van der Waals surface area contributed by atoms with Gasteiger partial charge < -0.3 is 4.74 Å². The number of methoxy groups -OCH3 is 1. The van der Waals surface area contributed by atoms with Crippen molar-refractivity contribution in [1.29, 1.82) is 0 Å². The zero-order chi connectivity index (χ0) is 12.3. The number of pyridine rings is 1. The van der Waals surface area contributed by atoms with E-state index in [1.807, 2.05) is 6.07 Å². The Morgan fingerprint density at radius 1 is 1.24 bits per heavy atom. The molecule has 1 aliphatic rings. The largest absolute Gasteiger partial charge is 0.481 e. The van der Waals surface area contributed by atoms with E-state index in [4.69, 9.17) is 4.74 Å². The van der Waals surface area contributed by atoms with Gasteiger partial charge in [-0.25, -0.2) is 4.98 Å². The molecule has 0 aliphatic heterocycles. The minimum absolute atomic E-state index is 0.725. The first-order valence-corrected chi connectivity index (χ1v) is 6.69. The normalized spacial score (nSPS) is 24.6. The molecule has 1 aromatic rings. The van der Waals surface area contributed by atoms with Crippen LogP contribution in [0.2, 0.25) is 0 Å². The summed E-state index contributed by atoms with van der Waals surface area (Å²) in [6, 6.07) is 4.16. The fourth-order valence-electron chi connectivity index (χ4n) is 2.74. The van der Waals surface area contributed by atoms with Crippen LogP contribution < -0.4 is 4.74 Å². The SMILES string of the molecule is COc1ccc(CC2CCC(C)CC2)c(C)n1. The molecule has 0 aromatic carbocycles. The topological polar surface area (TPSA) is 22.1 Å². The van der Waals surface area contributed by atoms with Crippen LogP contribution in [0, 0.1) is 18.8 Å². The van der Waals surface area contributed by atoms with Crippen molar-refractivity contribution in [2.75, 3.05) is 7.11 Å². The molecule has 1 aromatic heterocycles. The fraction of sp³-hybridized carbons (Fsp3) is 0.667. The number of hydrogen-bond donors (Lipinski definition) is 0. The number of hydrogen-bond acceptors (Lipinski definition) is 2. The van der Waals surface area contributed by atoms with Crippen molar-refractivity contribution in [1.82, 2.24) is 4.98 Å². The maximum atomic E-state index is 5.14. The number of ether oxygens (including phenoxy) is 1. The number of nitrogens with zero attached hydrogens (tertiary/aromatic N) is 1. The van der Waals surface area contributed by atoms with Crippen LogP contribution in [0.5, 0.6) is 5.88 Å². The lowest BCUT2D eigenvalue weighted by Gasteiger charge is -2.26. The molecule has 1 aliphatic carbocycles. The Morgan fingerprint density at radius 3 is 2.53 bits per heavy atom. The van der Waals surface area contributed by atoms with E-state index >= 15 is 0 Å². The molecule has 2 nitrogen and oxygen atoms in total. The van der Waals surface area contributed by atoms with Gasteiger partial charge in [-0.05, 0) is 43.6 Å². The molecule has 1 heterocycles. The highest BCUT2D eigenvalue weighted by molar-refractivity contribution is 5.25. The predicted octanol–water partition coefficient (Wildman–Crippen LogP) is 3.77. The fourth-order valence-corrected chi connectivity index (χ4v) is 2.74. The van der Waals surface area contributed by atoms with Crippen molar-refractivity contribution >= 4 is 0 Å². The first-order valence-electron chi connectivity index (χ1n) is 6.69. The van der Waals surface area contributed by atoms with E-state index < -0.39 is 0 Å². The van der Waals surface area contributed by atoms with Gasteiger partial charge in [-0.15, -0.1) is 0 Å². The van der Waals surface area contributed by atoms with Gasteiger partial charge in [0.2, 0.25) is 5.88 Å². The van der Waals surface area contributed by atoms with Gasteiger partial charge >= 0.3 is 0 Å². The molecule has 94 valence electrons. The van der Waals surface area contributed by atoms with Crippen LogP contribution in [0.15, 0.2) is 12.1 Å². The molecule has 1 saturated carbocycles. The minimum Gasteiger partial charge on any atom is -0.481 e. The Bertz CT molecular complexity index is 367. The van der Waals surface area contributed by atoms with E-state index in [9.17, 15) is 0 Å².